The lowest BCUT2D eigenvalue weighted by Crippen LogP contribution is -2.26. The number of amides is 1. The van der Waals surface area contributed by atoms with Crippen LogP contribution < -0.4 is 14.2 Å². The molecule has 0 unspecified atom stereocenters. The molecule has 0 aliphatic heterocycles. The maximum atomic E-state index is 12.7. The predicted octanol–water partition coefficient (Wildman–Crippen LogP) is 3.05. The van der Waals surface area contributed by atoms with Crippen LogP contribution in [0.5, 0.6) is 17.2 Å². The molecule has 1 heterocycles. The summed E-state index contributed by atoms with van der Waals surface area (Å²) in [7, 11) is 6.33. The van der Waals surface area contributed by atoms with Gasteiger partial charge in [-0.3, -0.25) is 4.79 Å². The van der Waals surface area contributed by atoms with Crippen molar-refractivity contribution in [1.82, 2.24) is 4.90 Å². The fraction of sp³-hybridized carbons (Fsp3) is 0.312. The van der Waals surface area contributed by atoms with Crippen molar-refractivity contribution in [2.24, 2.45) is 0 Å². The van der Waals surface area contributed by atoms with E-state index in [4.69, 9.17) is 14.2 Å². The van der Waals surface area contributed by atoms with Gasteiger partial charge in [-0.05, 0) is 23.6 Å². The van der Waals surface area contributed by atoms with E-state index in [9.17, 15) is 4.79 Å². The number of benzene rings is 1. The van der Waals surface area contributed by atoms with Crippen LogP contribution in [0.25, 0.3) is 0 Å². The Labute approximate surface area is 134 Å². The van der Waals surface area contributed by atoms with Gasteiger partial charge in [0, 0.05) is 11.9 Å². The number of methoxy groups -OCH3 is 3. The summed E-state index contributed by atoms with van der Waals surface area (Å²) in [4.78, 5) is 15.4. The van der Waals surface area contributed by atoms with Gasteiger partial charge in [0.05, 0.1) is 33.4 Å². The molecule has 0 saturated heterocycles. The summed E-state index contributed by atoms with van der Waals surface area (Å²) in [5, 5.41) is 1.99. The van der Waals surface area contributed by atoms with Crippen molar-refractivity contribution in [2.75, 3.05) is 28.4 Å². The maximum absolute atomic E-state index is 12.7. The van der Waals surface area contributed by atoms with Gasteiger partial charge in [-0.1, -0.05) is 6.07 Å². The van der Waals surface area contributed by atoms with Gasteiger partial charge in [-0.25, -0.2) is 0 Å². The molecule has 1 amide bonds. The van der Waals surface area contributed by atoms with E-state index in [0.29, 0.717) is 29.4 Å². The highest BCUT2D eigenvalue weighted by Crippen LogP contribution is 2.40. The first-order valence-electron chi connectivity index (χ1n) is 6.69. The Morgan fingerprint density at radius 2 is 1.82 bits per heavy atom. The van der Waals surface area contributed by atoms with E-state index in [1.54, 1.807) is 42.5 Å². The zero-order valence-corrected chi connectivity index (χ0v) is 13.9. The van der Waals surface area contributed by atoms with E-state index < -0.39 is 0 Å². The van der Waals surface area contributed by atoms with E-state index in [1.165, 1.54) is 14.2 Å². The minimum atomic E-state index is -0.133. The molecule has 0 radical (unpaired) electrons. The SMILES string of the molecule is COc1ccc(C(=O)N(C)Cc2cccs2)c(OC)c1OC. The van der Waals surface area contributed by atoms with Crippen LogP contribution in [-0.4, -0.2) is 39.2 Å². The highest BCUT2D eigenvalue weighted by molar-refractivity contribution is 7.09. The van der Waals surface area contributed by atoms with Gasteiger partial charge < -0.3 is 19.1 Å². The molecule has 118 valence electrons. The topological polar surface area (TPSA) is 48.0 Å². The molecule has 22 heavy (non-hydrogen) atoms. The number of hydrogen-bond donors (Lipinski definition) is 0. The van der Waals surface area contributed by atoms with Crippen molar-refractivity contribution < 1.29 is 19.0 Å². The number of hydrogen-bond acceptors (Lipinski definition) is 5. The van der Waals surface area contributed by atoms with Crippen molar-refractivity contribution in [3.05, 3.63) is 40.1 Å². The predicted molar refractivity (Wildman–Crippen MR) is 86.2 cm³/mol. The number of rotatable bonds is 6. The monoisotopic (exact) mass is 321 g/mol. The van der Waals surface area contributed by atoms with Crippen LogP contribution in [0.4, 0.5) is 0 Å². The lowest BCUT2D eigenvalue weighted by molar-refractivity contribution is 0.0782. The van der Waals surface area contributed by atoms with E-state index in [2.05, 4.69) is 0 Å². The average molecular weight is 321 g/mol. The first-order chi connectivity index (χ1) is 10.6. The summed E-state index contributed by atoms with van der Waals surface area (Å²) in [5.41, 5.74) is 0.444. The van der Waals surface area contributed by atoms with Gasteiger partial charge in [0.25, 0.3) is 5.91 Å². The molecule has 0 spiro atoms. The minimum Gasteiger partial charge on any atom is -0.493 e. The van der Waals surface area contributed by atoms with Crippen LogP contribution in [0.2, 0.25) is 0 Å². The second-order valence-electron chi connectivity index (χ2n) is 4.62. The van der Waals surface area contributed by atoms with E-state index in [-0.39, 0.29) is 5.91 Å². The van der Waals surface area contributed by atoms with Crippen LogP contribution in [0.3, 0.4) is 0 Å². The number of carbonyl (C=O) groups excluding carboxylic acids is 1. The molecule has 1 aromatic heterocycles. The second kappa shape index (κ2) is 7.17. The molecule has 0 atom stereocenters. The zero-order chi connectivity index (χ0) is 16.1. The summed E-state index contributed by atoms with van der Waals surface area (Å²) in [6.45, 7) is 0.550. The standard InChI is InChI=1S/C16H19NO4S/c1-17(10-11-6-5-9-22-11)16(18)12-7-8-13(19-2)15(21-4)14(12)20-3/h5-9H,10H2,1-4H3. The van der Waals surface area contributed by atoms with Gasteiger partial charge in [0.15, 0.2) is 11.5 Å². The molecule has 0 fully saturated rings. The molecular weight excluding hydrogens is 302 g/mol. The van der Waals surface area contributed by atoms with Crippen molar-refractivity contribution in [2.45, 2.75) is 6.54 Å². The molecule has 0 N–H and O–H groups in total. The maximum Gasteiger partial charge on any atom is 0.257 e. The molecule has 0 bridgehead atoms. The molecule has 2 rings (SSSR count). The zero-order valence-electron chi connectivity index (χ0n) is 13.1. The Bertz CT molecular complexity index is 640. The quantitative estimate of drug-likeness (QED) is 0.820. The van der Waals surface area contributed by atoms with Gasteiger partial charge in [0.2, 0.25) is 5.75 Å². The molecule has 5 nitrogen and oxygen atoms in total. The van der Waals surface area contributed by atoms with Gasteiger partial charge in [-0.15, -0.1) is 11.3 Å². The highest BCUT2D eigenvalue weighted by atomic mass is 32.1. The molecule has 0 aliphatic rings. The summed E-state index contributed by atoms with van der Waals surface area (Å²) in [6.07, 6.45) is 0. The van der Waals surface area contributed by atoms with Crippen molar-refractivity contribution >= 4 is 17.2 Å². The third-order valence-corrected chi connectivity index (χ3v) is 4.12. The smallest absolute Gasteiger partial charge is 0.257 e. The fourth-order valence-electron chi connectivity index (χ4n) is 2.18. The number of thiophene rings is 1. The number of nitrogens with zero attached hydrogens (tertiary/aromatic N) is 1. The Morgan fingerprint density at radius 1 is 1.09 bits per heavy atom. The van der Waals surface area contributed by atoms with Crippen molar-refractivity contribution in [3.8, 4) is 17.2 Å². The fourth-order valence-corrected chi connectivity index (χ4v) is 2.94. The Kier molecular flexibility index (Phi) is 5.27. The molecule has 0 aliphatic carbocycles. The average Bonchev–Trinajstić information content (AvgIpc) is 3.05. The molecule has 2 aromatic rings. The third kappa shape index (κ3) is 3.17. The molecular formula is C16H19NO4S. The third-order valence-electron chi connectivity index (χ3n) is 3.25. The van der Waals surface area contributed by atoms with Crippen molar-refractivity contribution in [3.63, 3.8) is 0 Å². The summed E-state index contributed by atoms with van der Waals surface area (Å²) in [5.74, 6) is 1.19. The van der Waals surface area contributed by atoms with E-state index in [0.717, 1.165) is 4.88 Å². The first-order valence-corrected chi connectivity index (χ1v) is 7.57. The van der Waals surface area contributed by atoms with Crippen LogP contribution in [0, 0.1) is 0 Å². The van der Waals surface area contributed by atoms with Crippen molar-refractivity contribution in [1.29, 1.82) is 0 Å². The summed E-state index contributed by atoms with van der Waals surface area (Å²) in [6, 6.07) is 7.36. The van der Waals surface area contributed by atoms with Gasteiger partial charge in [0.1, 0.15) is 0 Å². The Balaban J connectivity index is 2.32. The minimum absolute atomic E-state index is 0.133. The second-order valence-corrected chi connectivity index (χ2v) is 5.65. The van der Waals surface area contributed by atoms with E-state index in [1.807, 2.05) is 17.5 Å². The lowest BCUT2D eigenvalue weighted by Gasteiger charge is -2.20. The highest BCUT2D eigenvalue weighted by Gasteiger charge is 2.23. The summed E-state index contributed by atoms with van der Waals surface area (Å²) >= 11 is 1.62. The summed E-state index contributed by atoms with van der Waals surface area (Å²) < 4.78 is 15.9. The normalized spacial score (nSPS) is 10.2. The molecule has 1 aromatic carbocycles. The number of ether oxygens (including phenoxy) is 3. The Hall–Kier alpha value is -2.21. The first kappa shape index (κ1) is 16.2. The van der Waals surface area contributed by atoms with Gasteiger partial charge in [-0.2, -0.15) is 0 Å². The van der Waals surface area contributed by atoms with Gasteiger partial charge >= 0.3 is 0 Å². The Morgan fingerprint density at radius 3 is 2.36 bits per heavy atom. The number of carbonyl (C=O) groups is 1. The van der Waals surface area contributed by atoms with Crippen LogP contribution in [0.15, 0.2) is 29.6 Å². The lowest BCUT2D eigenvalue weighted by atomic mass is 10.1. The molecule has 6 heteroatoms. The van der Waals surface area contributed by atoms with Crippen LogP contribution in [-0.2, 0) is 6.54 Å². The van der Waals surface area contributed by atoms with Crippen LogP contribution >= 0.6 is 11.3 Å². The van der Waals surface area contributed by atoms with Crippen LogP contribution in [0.1, 0.15) is 15.2 Å². The largest absolute Gasteiger partial charge is 0.493 e. The van der Waals surface area contributed by atoms with E-state index >= 15 is 0 Å². The molecule has 0 saturated carbocycles.